The van der Waals surface area contributed by atoms with E-state index in [4.69, 9.17) is 4.74 Å². The van der Waals surface area contributed by atoms with Crippen molar-refractivity contribution in [2.75, 3.05) is 20.2 Å². The molecule has 2 amide bonds. The molecule has 1 heterocycles. The van der Waals surface area contributed by atoms with Crippen molar-refractivity contribution in [3.05, 3.63) is 65.5 Å². The number of nitrogens with one attached hydrogen (secondary N) is 1. The lowest BCUT2D eigenvalue weighted by Gasteiger charge is -2.36. The highest BCUT2D eigenvalue weighted by molar-refractivity contribution is 5.84. The van der Waals surface area contributed by atoms with Gasteiger partial charge in [-0.2, -0.15) is 0 Å². The molecule has 0 bridgehead atoms. The SMILES string of the molecule is COc1ccc(C(Cc2ccc(F)cc2)NC(=O)C2CCCN(C(=O)C(C)(C)C)C2)cc1. The fourth-order valence-corrected chi connectivity index (χ4v) is 4.08. The molecule has 0 saturated carbocycles. The third-order valence-electron chi connectivity index (χ3n) is 5.91. The van der Waals surface area contributed by atoms with Gasteiger partial charge in [0.15, 0.2) is 0 Å². The van der Waals surface area contributed by atoms with Crippen LogP contribution in [0.15, 0.2) is 48.5 Å². The molecule has 2 unspecified atom stereocenters. The Kier molecular flexibility index (Phi) is 7.54. The summed E-state index contributed by atoms with van der Waals surface area (Å²) in [7, 11) is 1.61. The second kappa shape index (κ2) is 10.2. The Morgan fingerprint density at radius 2 is 1.78 bits per heavy atom. The first-order chi connectivity index (χ1) is 15.2. The number of halogens is 1. The highest BCUT2D eigenvalue weighted by Crippen LogP contribution is 2.26. The van der Waals surface area contributed by atoms with Crippen LogP contribution in [0.5, 0.6) is 5.75 Å². The van der Waals surface area contributed by atoms with Crippen LogP contribution < -0.4 is 10.1 Å². The number of hydrogen-bond donors (Lipinski definition) is 1. The molecular formula is C26H33FN2O3. The van der Waals surface area contributed by atoms with Crippen molar-refractivity contribution >= 4 is 11.8 Å². The molecule has 1 N–H and O–H groups in total. The number of rotatable bonds is 6. The van der Waals surface area contributed by atoms with Crippen LogP contribution in [0, 0.1) is 17.2 Å². The van der Waals surface area contributed by atoms with E-state index in [1.807, 2.05) is 49.9 Å². The van der Waals surface area contributed by atoms with Crippen molar-refractivity contribution in [2.45, 2.75) is 46.1 Å². The lowest BCUT2D eigenvalue weighted by molar-refractivity contribution is -0.142. The van der Waals surface area contributed by atoms with Gasteiger partial charge in [-0.05, 0) is 54.7 Å². The molecular weight excluding hydrogens is 407 g/mol. The maximum Gasteiger partial charge on any atom is 0.227 e. The number of ether oxygens (including phenoxy) is 1. The Balaban J connectivity index is 1.76. The molecule has 0 aliphatic carbocycles. The Hall–Kier alpha value is -2.89. The zero-order chi connectivity index (χ0) is 23.3. The third-order valence-corrected chi connectivity index (χ3v) is 5.91. The molecule has 1 aliphatic rings. The van der Waals surface area contributed by atoms with Gasteiger partial charge in [-0.3, -0.25) is 9.59 Å². The van der Waals surface area contributed by atoms with Gasteiger partial charge in [-0.25, -0.2) is 4.39 Å². The topological polar surface area (TPSA) is 58.6 Å². The first-order valence-electron chi connectivity index (χ1n) is 11.2. The van der Waals surface area contributed by atoms with E-state index in [9.17, 15) is 14.0 Å². The maximum atomic E-state index is 13.4. The number of nitrogens with zero attached hydrogens (tertiary/aromatic N) is 1. The molecule has 2 atom stereocenters. The minimum absolute atomic E-state index is 0.0562. The first kappa shape index (κ1) is 23.8. The molecule has 0 aromatic heterocycles. The van der Waals surface area contributed by atoms with E-state index in [1.165, 1.54) is 12.1 Å². The predicted octanol–water partition coefficient (Wildman–Crippen LogP) is 4.52. The average Bonchev–Trinajstić information content (AvgIpc) is 2.79. The summed E-state index contributed by atoms with van der Waals surface area (Å²) in [5.41, 5.74) is 1.41. The molecule has 0 radical (unpaired) electrons. The van der Waals surface area contributed by atoms with Gasteiger partial charge in [-0.1, -0.05) is 45.0 Å². The highest BCUT2D eigenvalue weighted by Gasteiger charge is 2.34. The van der Waals surface area contributed by atoms with Crippen molar-refractivity contribution in [2.24, 2.45) is 11.3 Å². The van der Waals surface area contributed by atoms with Gasteiger partial charge in [0, 0.05) is 18.5 Å². The quantitative estimate of drug-likeness (QED) is 0.719. The Bertz CT molecular complexity index is 920. The van der Waals surface area contributed by atoms with Gasteiger partial charge < -0.3 is 15.0 Å². The second-order valence-corrected chi connectivity index (χ2v) is 9.51. The van der Waals surface area contributed by atoms with Crippen molar-refractivity contribution in [3.63, 3.8) is 0 Å². The molecule has 1 fully saturated rings. The second-order valence-electron chi connectivity index (χ2n) is 9.51. The molecule has 6 heteroatoms. The number of carbonyl (C=O) groups is 2. The summed E-state index contributed by atoms with van der Waals surface area (Å²) in [6.07, 6.45) is 2.10. The number of amides is 2. The number of benzene rings is 2. The molecule has 2 aromatic rings. The summed E-state index contributed by atoms with van der Waals surface area (Å²) >= 11 is 0. The molecule has 1 aliphatic heterocycles. The molecule has 3 rings (SSSR count). The molecule has 1 saturated heterocycles. The summed E-state index contributed by atoms with van der Waals surface area (Å²) in [6, 6.07) is 13.7. The highest BCUT2D eigenvalue weighted by atomic mass is 19.1. The van der Waals surface area contributed by atoms with Crippen LogP contribution in [0.25, 0.3) is 0 Å². The van der Waals surface area contributed by atoms with Crippen molar-refractivity contribution in [1.29, 1.82) is 0 Å². The van der Waals surface area contributed by atoms with E-state index >= 15 is 0 Å². The average molecular weight is 441 g/mol. The number of likely N-dealkylation sites (tertiary alicyclic amines) is 1. The summed E-state index contributed by atoms with van der Waals surface area (Å²) < 4.78 is 18.6. The van der Waals surface area contributed by atoms with Crippen LogP contribution in [0.1, 0.15) is 50.8 Å². The van der Waals surface area contributed by atoms with Crippen molar-refractivity contribution < 1.29 is 18.7 Å². The molecule has 5 nitrogen and oxygen atoms in total. The minimum atomic E-state index is -0.466. The molecule has 0 spiro atoms. The summed E-state index contributed by atoms with van der Waals surface area (Å²) in [6.45, 7) is 6.84. The van der Waals surface area contributed by atoms with Gasteiger partial charge in [0.1, 0.15) is 11.6 Å². The van der Waals surface area contributed by atoms with E-state index in [0.717, 1.165) is 29.7 Å². The Labute approximate surface area is 190 Å². The Morgan fingerprint density at radius 1 is 1.12 bits per heavy atom. The van der Waals surface area contributed by atoms with E-state index in [1.54, 1.807) is 19.2 Å². The van der Waals surface area contributed by atoms with Crippen LogP contribution >= 0.6 is 0 Å². The molecule has 32 heavy (non-hydrogen) atoms. The van der Waals surface area contributed by atoms with Crippen LogP contribution in [0.3, 0.4) is 0 Å². The van der Waals surface area contributed by atoms with E-state index in [2.05, 4.69) is 5.32 Å². The van der Waals surface area contributed by atoms with Gasteiger partial charge in [0.2, 0.25) is 11.8 Å². The standard InChI is InChI=1S/C26H33FN2O3/c1-26(2,3)25(31)29-15-5-6-20(17-29)24(30)28-23(16-18-7-11-21(27)12-8-18)19-9-13-22(32-4)14-10-19/h7-14,20,23H,5-6,15-17H2,1-4H3,(H,28,30). The van der Waals surface area contributed by atoms with Crippen LogP contribution in [0.4, 0.5) is 4.39 Å². The summed E-state index contributed by atoms with van der Waals surface area (Å²) in [4.78, 5) is 27.8. The van der Waals surface area contributed by atoms with E-state index < -0.39 is 5.41 Å². The van der Waals surface area contributed by atoms with Crippen molar-refractivity contribution in [1.82, 2.24) is 10.2 Å². The van der Waals surface area contributed by atoms with E-state index in [0.29, 0.717) is 19.5 Å². The van der Waals surface area contributed by atoms with Gasteiger partial charge in [0.05, 0.1) is 19.1 Å². The summed E-state index contributed by atoms with van der Waals surface area (Å²) in [5, 5.41) is 3.19. The van der Waals surface area contributed by atoms with Crippen LogP contribution in [-0.2, 0) is 16.0 Å². The molecule has 172 valence electrons. The summed E-state index contributed by atoms with van der Waals surface area (Å²) in [5.74, 6) is 0.227. The number of carbonyl (C=O) groups excluding carboxylic acids is 2. The zero-order valence-corrected chi connectivity index (χ0v) is 19.4. The smallest absolute Gasteiger partial charge is 0.227 e. The third kappa shape index (κ3) is 6.09. The molecule has 2 aromatic carbocycles. The van der Waals surface area contributed by atoms with Gasteiger partial charge in [-0.15, -0.1) is 0 Å². The van der Waals surface area contributed by atoms with Crippen LogP contribution in [-0.4, -0.2) is 36.9 Å². The van der Waals surface area contributed by atoms with E-state index in [-0.39, 0.29) is 29.6 Å². The minimum Gasteiger partial charge on any atom is -0.497 e. The van der Waals surface area contributed by atoms with Crippen LogP contribution in [0.2, 0.25) is 0 Å². The maximum absolute atomic E-state index is 13.4. The Morgan fingerprint density at radius 3 is 2.38 bits per heavy atom. The first-order valence-corrected chi connectivity index (χ1v) is 11.2. The monoisotopic (exact) mass is 440 g/mol. The number of hydrogen-bond acceptors (Lipinski definition) is 3. The van der Waals surface area contributed by atoms with Gasteiger partial charge >= 0.3 is 0 Å². The van der Waals surface area contributed by atoms with Gasteiger partial charge in [0.25, 0.3) is 0 Å². The fourth-order valence-electron chi connectivity index (χ4n) is 4.08. The number of methoxy groups -OCH3 is 1. The largest absolute Gasteiger partial charge is 0.497 e. The predicted molar refractivity (Wildman–Crippen MR) is 123 cm³/mol. The fraction of sp³-hybridized carbons (Fsp3) is 0.462. The normalized spacial score (nSPS) is 17.5. The zero-order valence-electron chi connectivity index (χ0n) is 19.4. The lowest BCUT2D eigenvalue weighted by Crippen LogP contribution is -2.49. The lowest BCUT2D eigenvalue weighted by atomic mass is 9.90. The number of piperidine rings is 1. The van der Waals surface area contributed by atoms with Crippen molar-refractivity contribution in [3.8, 4) is 5.75 Å².